The van der Waals surface area contributed by atoms with Gasteiger partial charge in [-0.05, 0) is 56.2 Å². The van der Waals surface area contributed by atoms with E-state index >= 15 is 0 Å². The molecule has 2 aromatic carbocycles. The van der Waals surface area contributed by atoms with E-state index in [1.54, 1.807) is 40.7 Å². The van der Waals surface area contributed by atoms with Crippen molar-refractivity contribution in [2.45, 2.75) is 51.3 Å². The van der Waals surface area contributed by atoms with Crippen molar-refractivity contribution in [2.24, 2.45) is 0 Å². The molecule has 1 N–H and O–H groups in total. The minimum absolute atomic E-state index is 0.219. The molecule has 0 saturated carbocycles. The number of benzene rings is 2. The Morgan fingerprint density at radius 2 is 1.43 bits per heavy atom. The Morgan fingerprint density at radius 3 is 1.93 bits per heavy atom. The predicted octanol–water partition coefficient (Wildman–Crippen LogP) is 4.84. The molecule has 0 atom stereocenters. The first-order valence-electron chi connectivity index (χ1n) is 9.86. The van der Waals surface area contributed by atoms with Gasteiger partial charge in [0.1, 0.15) is 0 Å². The summed E-state index contributed by atoms with van der Waals surface area (Å²) >= 11 is 0. The molecule has 1 amide bonds. The number of hydrogen-bond acceptors (Lipinski definition) is 3. The van der Waals surface area contributed by atoms with E-state index in [9.17, 15) is 13.2 Å². The minimum Gasteiger partial charge on any atom is -0.322 e. The maximum absolute atomic E-state index is 13.0. The van der Waals surface area contributed by atoms with Crippen LogP contribution in [0.5, 0.6) is 0 Å². The van der Waals surface area contributed by atoms with Crippen molar-refractivity contribution >= 4 is 21.6 Å². The third-order valence-electron chi connectivity index (χ3n) is 4.59. The van der Waals surface area contributed by atoms with Gasteiger partial charge in [-0.25, -0.2) is 8.42 Å². The summed E-state index contributed by atoms with van der Waals surface area (Å²) in [5.74, 6) is -0.219. The lowest BCUT2D eigenvalue weighted by Crippen LogP contribution is -2.33. The summed E-state index contributed by atoms with van der Waals surface area (Å²) in [5.41, 5.74) is 2.22. The molecular formula is C22H30N2O3S. The summed E-state index contributed by atoms with van der Waals surface area (Å²) in [6.45, 7) is 7.13. The molecule has 28 heavy (non-hydrogen) atoms. The molecule has 0 saturated heterocycles. The van der Waals surface area contributed by atoms with Gasteiger partial charge in [0.05, 0.1) is 4.90 Å². The first-order valence-corrected chi connectivity index (χ1v) is 11.3. The molecular weight excluding hydrogens is 372 g/mol. The Morgan fingerprint density at radius 1 is 0.893 bits per heavy atom. The van der Waals surface area contributed by atoms with Crippen LogP contribution in [0, 0.1) is 6.92 Å². The van der Waals surface area contributed by atoms with Crippen LogP contribution in [0.2, 0.25) is 0 Å². The topological polar surface area (TPSA) is 66.5 Å². The predicted molar refractivity (Wildman–Crippen MR) is 114 cm³/mol. The summed E-state index contributed by atoms with van der Waals surface area (Å²) < 4.78 is 27.5. The molecule has 6 heteroatoms. The van der Waals surface area contributed by atoms with E-state index in [1.807, 2.05) is 19.1 Å². The van der Waals surface area contributed by atoms with Crippen molar-refractivity contribution in [3.63, 3.8) is 0 Å². The van der Waals surface area contributed by atoms with Gasteiger partial charge >= 0.3 is 0 Å². The van der Waals surface area contributed by atoms with Crippen LogP contribution in [-0.2, 0) is 10.0 Å². The zero-order valence-electron chi connectivity index (χ0n) is 16.9. The summed E-state index contributed by atoms with van der Waals surface area (Å²) in [6.07, 6.45) is 3.57. The lowest BCUT2D eigenvalue weighted by molar-refractivity contribution is 0.102. The normalized spacial score (nSPS) is 11.6. The van der Waals surface area contributed by atoms with Crippen molar-refractivity contribution in [1.82, 2.24) is 4.31 Å². The Kier molecular flexibility index (Phi) is 8.20. The number of carbonyl (C=O) groups excluding carboxylic acids is 1. The highest BCUT2D eigenvalue weighted by molar-refractivity contribution is 7.89. The van der Waals surface area contributed by atoms with E-state index in [0.717, 1.165) is 31.2 Å². The molecule has 152 valence electrons. The zero-order valence-corrected chi connectivity index (χ0v) is 17.8. The fourth-order valence-corrected chi connectivity index (χ4v) is 4.31. The van der Waals surface area contributed by atoms with E-state index in [0.29, 0.717) is 24.3 Å². The standard InChI is InChI=1S/C22H30N2O3S/c1-4-6-16-24(17-7-5-2)28(26,27)21-14-12-20(13-15-21)23-22(25)19-10-8-18(3)9-11-19/h8-15H,4-7,16-17H2,1-3H3,(H,23,25). The number of hydrogen-bond donors (Lipinski definition) is 1. The van der Waals surface area contributed by atoms with Crippen LogP contribution in [0.3, 0.4) is 0 Å². The molecule has 0 unspecified atom stereocenters. The monoisotopic (exact) mass is 402 g/mol. The summed E-state index contributed by atoms with van der Waals surface area (Å²) in [4.78, 5) is 12.6. The molecule has 0 bridgehead atoms. The number of sulfonamides is 1. The number of amides is 1. The molecule has 2 aromatic rings. The van der Waals surface area contributed by atoms with Gasteiger partial charge in [-0.2, -0.15) is 4.31 Å². The fourth-order valence-electron chi connectivity index (χ4n) is 2.79. The lowest BCUT2D eigenvalue weighted by atomic mass is 10.1. The van der Waals surface area contributed by atoms with Gasteiger partial charge in [0.2, 0.25) is 10.0 Å². The number of rotatable bonds is 10. The molecule has 0 fully saturated rings. The highest BCUT2D eigenvalue weighted by Crippen LogP contribution is 2.20. The smallest absolute Gasteiger partial charge is 0.255 e. The van der Waals surface area contributed by atoms with Crippen molar-refractivity contribution in [2.75, 3.05) is 18.4 Å². The van der Waals surface area contributed by atoms with Crippen LogP contribution in [0.4, 0.5) is 5.69 Å². The van der Waals surface area contributed by atoms with Gasteiger partial charge in [0.25, 0.3) is 5.91 Å². The van der Waals surface area contributed by atoms with Crippen molar-refractivity contribution in [3.8, 4) is 0 Å². The molecule has 0 aliphatic rings. The first-order chi connectivity index (χ1) is 13.4. The second kappa shape index (κ2) is 10.4. The maximum atomic E-state index is 13.0. The van der Waals surface area contributed by atoms with Gasteiger partial charge in [-0.1, -0.05) is 44.4 Å². The van der Waals surface area contributed by atoms with E-state index in [-0.39, 0.29) is 10.8 Å². The Balaban J connectivity index is 2.12. The summed E-state index contributed by atoms with van der Waals surface area (Å²) in [7, 11) is -3.53. The Bertz CT molecular complexity index is 852. The molecule has 0 aliphatic heterocycles. The highest BCUT2D eigenvalue weighted by Gasteiger charge is 2.23. The summed E-state index contributed by atoms with van der Waals surface area (Å²) in [6, 6.07) is 13.7. The number of unbranched alkanes of at least 4 members (excludes halogenated alkanes) is 2. The van der Waals surface area contributed by atoms with Gasteiger partial charge in [-0.15, -0.1) is 0 Å². The van der Waals surface area contributed by atoms with E-state index in [1.165, 1.54) is 0 Å². The number of nitrogens with one attached hydrogen (secondary N) is 1. The van der Waals surface area contributed by atoms with E-state index < -0.39 is 10.0 Å². The van der Waals surface area contributed by atoms with Crippen molar-refractivity contribution in [3.05, 3.63) is 59.7 Å². The maximum Gasteiger partial charge on any atom is 0.255 e. The average molecular weight is 403 g/mol. The van der Waals surface area contributed by atoms with Gasteiger partial charge in [0, 0.05) is 24.3 Å². The van der Waals surface area contributed by atoms with Gasteiger partial charge in [-0.3, -0.25) is 4.79 Å². The van der Waals surface area contributed by atoms with Crippen molar-refractivity contribution in [1.29, 1.82) is 0 Å². The SMILES string of the molecule is CCCCN(CCCC)S(=O)(=O)c1ccc(NC(=O)c2ccc(C)cc2)cc1. The molecule has 2 rings (SSSR count). The largest absolute Gasteiger partial charge is 0.322 e. The first kappa shape index (κ1) is 22.1. The lowest BCUT2D eigenvalue weighted by Gasteiger charge is -2.22. The number of carbonyl (C=O) groups is 1. The Hall–Kier alpha value is -2.18. The quantitative estimate of drug-likeness (QED) is 0.618. The summed E-state index contributed by atoms with van der Waals surface area (Å²) in [5, 5.41) is 2.81. The van der Waals surface area contributed by atoms with Crippen LogP contribution in [0.1, 0.15) is 55.5 Å². The molecule has 0 aromatic heterocycles. The van der Waals surface area contributed by atoms with Crippen LogP contribution in [0.15, 0.2) is 53.4 Å². The second-order valence-corrected chi connectivity index (χ2v) is 8.89. The van der Waals surface area contributed by atoms with Gasteiger partial charge < -0.3 is 5.32 Å². The average Bonchev–Trinajstić information content (AvgIpc) is 2.68. The van der Waals surface area contributed by atoms with Crippen LogP contribution < -0.4 is 5.32 Å². The molecule has 0 aliphatic carbocycles. The zero-order chi connectivity index (χ0) is 20.6. The van der Waals surface area contributed by atoms with E-state index in [2.05, 4.69) is 19.2 Å². The van der Waals surface area contributed by atoms with E-state index in [4.69, 9.17) is 0 Å². The van der Waals surface area contributed by atoms with Crippen LogP contribution in [0.25, 0.3) is 0 Å². The molecule has 0 heterocycles. The van der Waals surface area contributed by atoms with Gasteiger partial charge in [0.15, 0.2) is 0 Å². The Labute approximate surface area is 168 Å². The second-order valence-electron chi connectivity index (χ2n) is 6.96. The van der Waals surface area contributed by atoms with Crippen molar-refractivity contribution < 1.29 is 13.2 Å². The molecule has 0 radical (unpaired) electrons. The third kappa shape index (κ3) is 5.91. The fraction of sp³-hybridized carbons (Fsp3) is 0.409. The van der Waals surface area contributed by atoms with Crippen LogP contribution >= 0.6 is 0 Å². The minimum atomic E-state index is -3.53. The number of nitrogens with zero attached hydrogens (tertiary/aromatic N) is 1. The third-order valence-corrected chi connectivity index (χ3v) is 6.50. The molecule has 5 nitrogen and oxygen atoms in total. The van der Waals surface area contributed by atoms with Crippen LogP contribution in [-0.4, -0.2) is 31.7 Å². The number of anilines is 1. The molecule has 0 spiro atoms. The highest BCUT2D eigenvalue weighted by atomic mass is 32.2. The number of aryl methyl sites for hydroxylation is 1.